The molecule has 1 saturated carbocycles. The topological polar surface area (TPSA) is 49.9 Å². The Morgan fingerprint density at radius 3 is 1.90 bits per heavy atom. The van der Waals surface area contributed by atoms with Crippen molar-refractivity contribution in [2.75, 3.05) is 0 Å². The molecule has 1 rings (SSSR count). The van der Waals surface area contributed by atoms with Crippen molar-refractivity contribution in [2.24, 2.45) is 0 Å². The monoisotopic (exact) mass is 158 g/mol. The summed E-state index contributed by atoms with van der Waals surface area (Å²) in [6.45, 7) is 0. The second kappa shape index (κ2) is 6.87. The third-order valence-electron chi connectivity index (χ3n) is 1.72. The summed E-state index contributed by atoms with van der Waals surface area (Å²) in [5.41, 5.74) is 4.00. The number of hydrogen-bond donors (Lipinski definition) is 1. The van der Waals surface area contributed by atoms with Gasteiger partial charge in [0.1, 0.15) is 0 Å². The van der Waals surface area contributed by atoms with Crippen LogP contribution in [-0.4, -0.2) is 11.2 Å². The molecule has 58 valence electrons. The minimum Gasteiger partial charge on any atom is -0.753 e. The summed E-state index contributed by atoms with van der Waals surface area (Å²) < 4.78 is 0. The molecule has 10 heavy (non-hydrogen) atoms. The van der Waals surface area contributed by atoms with Gasteiger partial charge >= 0.3 is 0 Å². The van der Waals surface area contributed by atoms with Crippen molar-refractivity contribution >= 4 is 17.4 Å². The van der Waals surface area contributed by atoms with Crippen LogP contribution >= 0.6 is 12.2 Å². The smallest absolute Gasteiger partial charge is 0.0843 e. The van der Waals surface area contributed by atoms with Crippen LogP contribution in [-0.2, 0) is 0 Å². The number of hydrogen-bond acceptors (Lipinski definition) is 1. The molecule has 0 unspecified atom stereocenters. The second-order valence-electron chi connectivity index (χ2n) is 2.60. The highest BCUT2D eigenvalue weighted by molar-refractivity contribution is 7.78. The Morgan fingerprint density at radius 2 is 1.70 bits per heavy atom. The average molecular weight is 158 g/mol. The Balaban J connectivity index is 0.000000236. The molecule has 0 heterocycles. The molecule has 2 nitrogen and oxygen atoms in total. The lowest BCUT2D eigenvalue weighted by Crippen LogP contribution is -2.61. The zero-order valence-electron chi connectivity index (χ0n) is 6.18. The lowest BCUT2D eigenvalue weighted by Gasteiger charge is -2.12. The zero-order chi connectivity index (χ0) is 7.82. The van der Waals surface area contributed by atoms with Crippen LogP contribution in [0.4, 0.5) is 0 Å². The maximum atomic E-state index is 7.13. The summed E-state index contributed by atoms with van der Waals surface area (Å²) in [6.07, 6.45) is 7.05. The first-order chi connectivity index (χ1) is 4.81. The maximum Gasteiger partial charge on any atom is 0.0843 e. The molecule has 3 heteroatoms. The van der Waals surface area contributed by atoms with Crippen molar-refractivity contribution in [1.82, 2.24) is 0 Å². The van der Waals surface area contributed by atoms with E-state index in [-0.39, 0.29) is 0 Å². The van der Waals surface area contributed by atoms with Gasteiger partial charge in [0.2, 0.25) is 0 Å². The molecule has 1 fully saturated rings. The van der Waals surface area contributed by atoms with Gasteiger partial charge in [-0.25, -0.2) is 0 Å². The lowest BCUT2D eigenvalue weighted by atomic mass is 9.97. The molecule has 0 saturated heterocycles. The van der Waals surface area contributed by atoms with Crippen LogP contribution in [0.25, 0.3) is 5.41 Å². The standard InChI is InChI=1S/C6H13N.CNS/c7-6-4-2-1-3-5-6;2-1-3/h6H,1-5,7H2;/q;-1/p+1. The summed E-state index contributed by atoms with van der Waals surface area (Å²) in [7, 11) is 0. The van der Waals surface area contributed by atoms with Gasteiger partial charge < -0.3 is 11.1 Å². The Kier molecular flexibility index (Phi) is 6.71. The van der Waals surface area contributed by atoms with Crippen molar-refractivity contribution < 1.29 is 5.73 Å². The van der Waals surface area contributed by atoms with Gasteiger partial charge in [-0.05, 0) is 25.7 Å². The number of nitrogens with zero attached hydrogens (tertiary/aromatic N) is 1. The van der Waals surface area contributed by atoms with E-state index in [9.17, 15) is 0 Å². The number of thiocarbonyl (C=S) groups is 1. The van der Waals surface area contributed by atoms with Crippen molar-refractivity contribution in [3.05, 3.63) is 5.41 Å². The largest absolute Gasteiger partial charge is 0.753 e. The van der Waals surface area contributed by atoms with Crippen LogP contribution in [0.2, 0.25) is 0 Å². The first kappa shape index (κ1) is 9.76. The molecule has 3 N–H and O–H groups in total. The van der Waals surface area contributed by atoms with E-state index < -0.39 is 0 Å². The van der Waals surface area contributed by atoms with Crippen LogP contribution in [0.3, 0.4) is 0 Å². The normalized spacial score (nSPS) is 18.5. The van der Waals surface area contributed by atoms with E-state index in [1.165, 1.54) is 37.3 Å². The molecule has 0 radical (unpaired) electrons. The molecular weight excluding hydrogens is 144 g/mol. The molecule has 1 aliphatic carbocycles. The minimum atomic E-state index is 0.786. The molecule has 0 aromatic carbocycles. The van der Waals surface area contributed by atoms with E-state index in [1.807, 2.05) is 0 Å². The summed E-state index contributed by atoms with van der Waals surface area (Å²) in [5.74, 6) is 0. The van der Waals surface area contributed by atoms with Crippen molar-refractivity contribution in [3.63, 3.8) is 0 Å². The fourth-order valence-electron chi connectivity index (χ4n) is 1.19. The quantitative estimate of drug-likeness (QED) is 0.418. The highest BCUT2D eigenvalue weighted by atomic mass is 32.1. The lowest BCUT2D eigenvalue weighted by molar-refractivity contribution is -0.425. The minimum absolute atomic E-state index is 0.786. The first-order valence-electron chi connectivity index (χ1n) is 3.65. The molecule has 0 spiro atoms. The van der Waals surface area contributed by atoms with Crippen molar-refractivity contribution in [1.29, 1.82) is 0 Å². The van der Waals surface area contributed by atoms with Crippen LogP contribution in [0, 0.1) is 0 Å². The highest BCUT2D eigenvalue weighted by Gasteiger charge is 2.09. The molecule has 0 aromatic rings. The predicted octanol–water partition coefficient (Wildman–Crippen LogP) is 1.22. The second-order valence-corrected chi connectivity index (χ2v) is 2.78. The number of rotatable bonds is 0. The van der Waals surface area contributed by atoms with Gasteiger partial charge in [0.15, 0.2) is 0 Å². The van der Waals surface area contributed by atoms with Gasteiger partial charge in [-0.15, -0.1) is 0 Å². The van der Waals surface area contributed by atoms with Crippen molar-refractivity contribution in [2.45, 2.75) is 38.1 Å². The van der Waals surface area contributed by atoms with E-state index >= 15 is 0 Å². The predicted molar refractivity (Wildman–Crippen MR) is 45.7 cm³/mol. The fraction of sp³-hybridized carbons (Fsp3) is 0.857. The SMILES string of the molecule is [N-]=C=S.[NH3+]C1CCCCC1. The Bertz CT molecular complexity index is 102. The van der Waals surface area contributed by atoms with E-state index in [4.69, 9.17) is 5.41 Å². The Morgan fingerprint density at radius 1 is 1.30 bits per heavy atom. The molecule has 0 aliphatic heterocycles. The van der Waals surface area contributed by atoms with Crippen LogP contribution in [0.5, 0.6) is 0 Å². The maximum absolute atomic E-state index is 7.13. The zero-order valence-corrected chi connectivity index (χ0v) is 6.99. The third-order valence-corrected chi connectivity index (χ3v) is 1.72. The summed E-state index contributed by atoms with van der Waals surface area (Å²) in [5, 5.41) is 8.47. The first-order valence-corrected chi connectivity index (χ1v) is 4.06. The van der Waals surface area contributed by atoms with E-state index in [0.29, 0.717) is 0 Å². The Hall–Kier alpha value is -0.240. The fourth-order valence-corrected chi connectivity index (χ4v) is 1.19. The van der Waals surface area contributed by atoms with Gasteiger partial charge in [-0.1, -0.05) is 18.6 Å². The third kappa shape index (κ3) is 5.89. The van der Waals surface area contributed by atoms with Crippen LogP contribution < -0.4 is 5.73 Å². The molecular formula is C7H14N2S. The summed E-state index contributed by atoms with van der Waals surface area (Å²) in [6, 6.07) is 0.786. The summed E-state index contributed by atoms with van der Waals surface area (Å²) >= 11 is 3.70. The van der Waals surface area contributed by atoms with Gasteiger partial charge in [0.25, 0.3) is 0 Å². The van der Waals surface area contributed by atoms with E-state index in [1.54, 1.807) is 0 Å². The van der Waals surface area contributed by atoms with Gasteiger partial charge in [0.05, 0.1) is 6.04 Å². The van der Waals surface area contributed by atoms with E-state index in [2.05, 4.69) is 18.0 Å². The van der Waals surface area contributed by atoms with Crippen LogP contribution in [0.1, 0.15) is 32.1 Å². The van der Waals surface area contributed by atoms with Crippen molar-refractivity contribution in [3.8, 4) is 0 Å². The van der Waals surface area contributed by atoms with Crippen LogP contribution in [0.15, 0.2) is 0 Å². The molecule has 0 amide bonds. The Labute approximate surface area is 67.3 Å². The average Bonchev–Trinajstić information content (AvgIpc) is 1.91. The summed E-state index contributed by atoms with van der Waals surface area (Å²) in [4.78, 5) is 0. The molecule has 0 aromatic heterocycles. The van der Waals surface area contributed by atoms with Gasteiger partial charge in [0, 0.05) is 0 Å². The number of isothiocyanates is 1. The highest BCUT2D eigenvalue weighted by Crippen LogP contribution is 2.13. The molecule has 0 bridgehead atoms. The van der Waals surface area contributed by atoms with Gasteiger partial charge in [-0.2, -0.15) is 5.16 Å². The molecule has 0 atom stereocenters. The van der Waals surface area contributed by atoms with Gasteiger partial charge in [-0.3, -0.25) is 0 Å². The van der Waals surface area contributed by atoms with E-state index in [0.717, 1.165) is 6.04 Å². The molecule has 1 aliphatic rings. The number of quaternary nitrogens is 1.